The minimum Gasteiger partial charge on any atom is -0.410 e. The Morgan fingerprint density at radius 1 is 0.927 bits per heavy atom. The van der Waals surface area contributed by atoms with E-state index in [1.807, 2.05) is 0 Å². The van der Waals surface area contributed by atoms with Gasteiger partial charge in [-0.25, -0.2) is 13.6 Å². The maximum Gasteiger partial charge on any atom is 0.415 e. The largest absolute Gasteiger partial charge is 0.415 e. The second-order valence-corrected chi connectivity index (χ2v) is 11.0. The number of benzene rings is 2. The third kappa shape index (κ3) is 5.81. The Bertz CT molecular complexity index is 1290. The van der Waals surface area contributed by atoms with Crippen LogP contribution in [0.25, 0.3) is 0 Å². The van der Waals surface area contributed by atoms with Crippen LogP contribution in [0.1, 0.15) is 37.2 Å². The molecule has 218 valence electrons. The molecular formula is C30H34F2N4O5. The zero-order valence-corrected chi connectivity index (χ0v) is 22.9. The number of carbonyl (C=O) groups is 4. The molecule has 11 heteroatoms. The minimum absolute atomic E-state index is 0.0164. The Balaban J connectivity index is 1.37. The molecule has 0 radical (unpaired) electrons. The number of piperidine rings is 2. The average Bonchev–Trinajstić information content (AvgIpc) is 3.44. The molecule has 0 saturated carbocycles. The predicted octanol–water partition coefficient (Wildman–Crippen LogP) is 2.86. The van der Waals surface area contributed by atoms with Gasteiger partial charge in [0.1, 0.15) is 22.9 Å². The highest BCUT2D eigenvalue weighted by Crippen LogP contribution is 2.41. The molecule has 2 aromatic carbocycles. The van der Waals surface area contributed by atoms with E-state index >= 15 is 0 Å². The molecule has 41 heavy (non-hydrogen) atoms. The van der Waals surface area contributed by atoms with Gasteiger partial charge in [-0.05, 0) is 61.2 Å². The Hall–Kier alpha value is -3.86. The van der Waals surface area contributed by atoms with E-state index in [0.717, 1.165) is 0 Å². The van der Waals surface area contributed by atoms with E-state index < -0.39 is 35.1 Å². The molecule has 0 spiro atoms. The van der Waals surface area contributed by atoms with Crippen molar-refractivity contribution in [3.05, 3.63) is 65.7 Å². The molecule has 9 nitrogen and oxygen atoms in total. The highest BCUT2D eigenvalue weighted by atomic mass is 19.1. The molecule has 3 heterocycles. The molecule has 3 atom stereocenters. The number of ketones is 1. The van der Waals surface area contributed by atoms with Gasteiger partial charge in [0.15, 0.2) is 5.78 Å². The smallest absolute Gasteiger partial charge is 0.410 e. The summed E-state index contributed by atoms with van der Waals surface area (Å²) in [5, 5.41) is 6.01. The second-order valence-electron chi connectivity index (χ2n) is 11.0. The fraction of sp³-hybridized carbons (Fsp3) is 0.467. The SMILES string of the molecule is CN(C(=O)Oc1ccc(F)cc1)[C@]1(C(=O)C2CCN(C(=O)C3CCC(=O)NC3)CC2)CNC[C@H]1c1ccc(F)cc1. The maximum atomic E-state index is 14.5. The van der Waals surface area contributed by atoms with Crippen LogP contribution in [-0.2, 0) is 14.4 Å². The highest BCUT2D eigenvalue weighted by molar-refractivity contribution is 5.96. The maximum absolute atomic E-state index is 14.5. The first-order valence-corrected chi connectivity index (χ1v) is 14.0. The number of amides is 3. The second kappa shape index (κ2) is 11.9. The molecule has 1 unspecified atom stereocenters. The number of nitrogens with zero attached hydrogens (tertiary/aromatic N) is 2. The van der Waals surface area contributed by atoms with Crippen molar-refractivity contribution in [3.8, 4) is 5.75 Å². The quantitative estimate of drug-likeness (QED) is 0.555. The van der Waals surface area contributed by atoms with Crippen LogP contribution in [0.4, 0.5) is 13.6 Å². The number of Topliss-reactive ketones (excluding diaryl/α,β-unsaturated/α-hetero) is 1. The van der Waals surface area contributed by atoms with E-state index in [0.29, 0.717) is 57.4 Å². The molecule has 0 aliphatic carbocycles. The van der Waals surface area contributed by atoms with Gasteiger partial charge in [-0.15, -0.1) is 0 Å². The number of halogens is 2. The van der Waals surface area contributed by atoms with Crippen molar-refractivity contribution in [3.63, 3.8) is 0 Å². The number of ether oxygens (including phenoxy) is 1. The lowest BCUT2D eigenvalue weighted by molar-refractivity contribution is -0.142. The van der Waals surface area contributed by atoms with Gasteiger partial charge in [-0.3, -0.25) is 19.3 Å². The molecule has 3 aliphatic heterocycles. The van der Waals surface area contributed by atoms with Crippen LogP contribution < -0.4 is 15.4 Å². The molecule has 0 bridgehead atoms. The van der Waals surface area contributed by atoms with Crippen LogP contribution in [0.3, 0.4) is 0 Å². The van der Waals surface area contributed by atoms with Gasteiger partial charge in [0.05, 0.1) is 5.92 Å². The lowest BCUT2D eigenvalue weighted by atomic mass is 9.72. The molecule has 5 rings (SSSR count). The average molecular weight is 569 g/mol. The zero-order chi connectivity index (χ0) is 29.1. The van der Waals surface area contributed by atoms with Crippen molar-refractivity contribution in [1.82, 2.24) is 20.4 Å². The number of hydrogen-bond donors (Lipinski definition) is 2. The van der Waals surface area contributed by atoms with Gasteiger partial charge in [0.25, 0.3) is 0 Å². The van der Waals surface area contributed by atoms with E-state index in [2.05, 4.69) is 10.6 Å². The minimum atomic E-state index is -1.33. The summed E-state index contributed by atoms with van der Waals surface area (Å²) in [6.07, 6.45) is 0.933. The molecule has 3 fully saturated rings. The number of carbonyl (C=O) groups excluding carboxylic acids is 4. The van der Waals surface area contributed by atoms with Gasteiger partial charge < -0.3 is 20.3 Å². The summed E-state index contributed by atoms with van der Waals surface area (Å²) in [6, 6.07) is 10.9. The van der Waals surface area contributed by atoms with Gasteiger partial charge >= 0.3 is 6.09 Å². The standard InChI is InChI=1S/C30H34F2N4O5/c1-35(29(40)41-24-9-7-23(32)8-10-24)30(18-33-17-25(30)19-2-5-22(31)6-3-19)27(38)20-12-14-36(15-13-20)28(39)21-4-11-26(37)34-16-21/h2-3,5-10,20-21,25,33H,4,11-18H2,1H3,(H,34,37)/t21?,25-,30+/m0/s1. The third-order valence-electron chi connectivity index (χ3n) is 8.70. The van der Waals surface area contributed by atoms with Crippen molar-refractivity contribution in [2.45, 2.75) is 37.1 Å². The van der Waals surface area contributed by atoms with Crippen LogP contribution in [0, 0.1) is 23.5 Å². The Morgan fingerprint density at radius 3 is 2.17 bits per heavy atom. The number of likely N-dealkylation sites (N-methyl/N-ethyl adjacent to an activating group) is 1. The zero-order valence-electron chi connectivity index (χ0n) is 22.9. The summed E-state index contributed by atoms with van der Waals surface area (Å²) in [4.78, 5) is 55.5. The van der Waals surface area contributed by atoms with E-state index in [9.17, 15) is 28.0 Å². The van der Waals surface area contributed by atoms with Crippen LogP contribution in [-0.4, -0.2) is 78.8 Å². The normalized spacial score (nSPS) is 25.0. The van der Waals surface area contributed by atoms with Gasteiger partial charge in [0, 0.05) is 58.0 Å². The van der Waals surface area contributed by atoms with Crippen LogP contribution in [0.15, 0.2) is 48.5 Å². The van der Waals surface area contributed by atoms with Crippen LogP contribution in [0.5, 0.6) is 5.75 Å². The molecule has 2 aromatic rings. The lowest BCUT2D eigenvalue weighted by Gasteiger charge is -2.44. The van der Waals surface area contributed by atoms with E-state index in [-0.39, 0.29) is 35.8 Å². The summed E-state index contributed by atoms with van der Waals surface area (Å²) >= 11 is 0. The Labute approximate surface area is 237 Å². The fourth-order valence-electron chi connectivity index (χ4n) is 6.32. The van der Waals surface area contributed by atoms with Gasteiger partial charge in [0.2, 0.25) is 11.8 Å². The lowest BCUT2D eigenvalue weighted by Crippen LogP contribution is -2.62. The molecule has 3 amide bonds. The number of hydrogen-bond acceptors (Lipinski definition) is 6. The van der Waals surface area contributed by atoms with Crippen molar-refractivity contribution >= 4 is 23.7 Å². The molecule has 3 saturated heterocycles. The first-order chi connectivity index (χ1) is 19.7. The van der Waals surface area contributed by atoms with E-state index in [1.165, 1.54) is 48.3 Å². The summed E-state index contributed by atoms with van der Waals surface area (Å²) in [5.41, 5.74) is -0.627. The highest BCUT2D eigenvalue weighted by Gasteiger charge is 2.56. The summed E-state index contributed by atoms with van der Waals surface area (Å²) in [5.74, 6) is -2.12. The summed E-state index contributed by atoms with van der Waals surface area (Å²) < 4.78 is 32.7. The first-order valence-electron chi connectivity index (χ1n) is 14.0. The number of nitrogens with one attached hydrogen (secondary N) is 2. The molecule has 0 aromatic heterocycles. The molecular weight excluding hydrogens is 534 g/mol. The monoisotopic (exact) mass is 568 g/mol. The Morgan fingerprint density at radius 2 is 1.56 bits per heavy atom. The van der Waals surface area contributed by atoms with Crippen LogP contribution in [0.2, 0.25) is 0 Å². The fourth-order valence-corrected chi connectivity index (χ4v) is 6.32. The van der Waals surface area contributed by atoms with Crippen LogP contribution >= 0.6 is 0 Å². The first kappa shape index (κ1) is 28.7. The number of likely N-dealkylation sites (tertiary alicyclic amines) is 1. The van der Waals surface area contributed by atoms with E-state index in [1.54, 1.807) is 17.0 Å². The summed E-state index contributed by atoms with van der Waals surface area (Å²) in [6.45, 7) is 1.67. The van der Waals surface area contributed by atoms with Crippen molar-refractivity contribution in [2.24, 2.45) is 11.8 Å². The third-order valence-corrected chi connectivity index (χ3v) is 8.70. The topological polar surface area (TPSA) is 108 Å². The van der Waals surface area contributed by atoms with Crippen molar-refractivity contribution < 1.29 is 32.7 Å². The van der Waals surface area contributed by atoms with Gasteiger partial charge in [-0.2, -0.15) is 0 Å². The molecule has 2 N–H and O–H groups in total. The molecule has 3 aliphatic rings. The van der Waals surface area contributed by atoms with Crippen molar-refractivity contribution in [2.75, 3.05) is 39.8 Å². The number of rotatable bonds is 6. The predicted molar refractivity (Wildman–Crippen MR) is 145 cm³/mol. The van der Waals surface area contributed by atoms with E-state index in [4.69, 9.17) is 4.74 Å². The van der Waals surface area contributed by atoms with Gasteiger partial charge in [-0.1, -0.05) is 12.1 Å². The summed E-state index contributed by atoms with van der Waals surface area (Å²) in [7, 11) is 1.52. The van der Waals surface area contributed by atoms with Crippen molar-refractivity contribution in [1.29, 1.82) is 0 Å². The Kier molecular flexibility index (Phi) is 8.35.